The summed E-state index contributed by atoms with van der Waals surface area (Å²) >= 11 is 0. The van der Waals surface area contributed by atoms with Gasteiger partial charge in [0.05, 0.1) is 13.7 Å². The van der Waals surface area contributed by atoms with Crippen molar-refractivity contribution < 1.29 is 14.3 Å². The maximum atomic E-state index is 11.9. The Morgan fingerprint density at radius 2 is 1.82 bits per heavy atom. The fraction of sp³-hybridized carbons (Fsp3) is 0.421. The van der Waals surface area contributed by atoms with Gasteiger partial charge in [0.25, 0.3) is 0 Å². The van der Waals surface area contributed by atoms with Gasteiger partial charge in [-0.25, -0.2) is 4.79 Å². The molecule has 0 aliphatic rings. The first-order chi connectivity index (χ1) is 10.5. The number of benzene rings is 1. The third-order valence-electron chi connectivity index (χ3n) is 3.30. The molecule has 3 nitrogen and oxygen atoms in total. The molecule has 1 aromatic carbocycles. The molecule has 1 atom stereocenters. The molecule has 0 N–H and O–H groups in total. The van der Waals surface area contributed by atoms with Gasteiger partial charge in [-0.1, -0.05) is 53.6 Å². The highest BCUT2D eigenvalue weighted by Crippen LogP contribution is 2.19. The molecule has 0 saturated carbocycles. The van der Waals surface area contributed by atoms with Crippen LogP contribution in [-0.2, 0) is 14.3 Å². The van der Waals surface area contributed by atoms with Crippen LogP contribution in [0.3, 0.4) is 0 Å². The van der Waals surface area contributed by atoms with E-state index in [1.165, 1.54) is 18.3 Å². The van der Waals surface area contributed by atoms with E-state index in [0.717, 1.165) is 18.4 Å². The lowest BCUT2D eigenvalue weighted by atomic mass is 10.1. The van der Waals surface area contributed by atoms with Crippen LogP contribution >= 0.6 is 0 Å². The van der Waals surface area contributed by atoms with Crippen molar-refractivity contribution in [3.8, 4) is 0 Å². The zero-order chi connectivity index (χ0) is 16.4. The van der Waals surface area contributed by atoms with Gasteiger partial charge in [-0.3, -0.25) is 0 Å². The third-order valence-corrected chi connectivity index (χ3v) is 3.30. The van der Waals surface area contributed by atoms with E-state index in [0.29, 0.717) is 6.61 Å². The maximum Gasteiger partial charge on any atom is 0.339 e. The first-order valence-electron chi connectivity index (χ1n) is 7.58. The highest BCUT2D eigenvalue weighted by Gasteiger charge is 2.21. The van der Waals surface area contributed by atoms with Crippen molar-refractivity contribution in [1.29, 1.82) is 0 Å². The Bertz CT molecular complexity index is 511. The number of hydrogen-bond acceptors (Lipinski definition) is 3. The molecule has 1 aromatic rings. The van der Waals surface area contributed by atoms with Crippen LogP contribution < -0.4 is 0 Å². The number of rotatable bonds is 8. The highest BCUT2D eigenvalue weighted by molar-refractivity contribution is 5.76. The molecule has 0 aliphatic carbocycles. The summed E-state index contributed by atoms with van der Waals surface area (Å²) in [6.45, 7) is 6.68. The quantitative estimate of drug-likeness (QED) is 0.519. The largest absolute Gasteiger partial charge is 0.467 e. The van der Waals surface area contributed by atoms with Crippen LogP contribution in [0.5, 0.6) is 0 Å². The van der Waals surface area contributed by atoms with Gasteiger partial charge < -0.3 is 9.47 Å². The average Bonchev–Trinajstić information content (AvgIpc) is 2.51. The fourth-order valence-electron chi connectivity index (χ4n) is 2.01. The number of allylic oxidation sites excluding steroid dienone is 3. The molecule has 22 heavy (non-hydrogen) atoms. The normalized spacial score (nSPS) is 12.6. The van der Waals surface area contributed by atoms with Gasteiger partial charge in [-0.2, -0.15) is 0 Å². The molecule has 0 amide bonds. The van der Waals surface area contributed by atoms with Crippen LogP contribution in [0.4, 0.5) is 0 Å². The molecule has 0 heterocycles. The summed E-state index contributed by atoms with van der Waals surface area (Å²) in [6.07, 6.45) is 5.61. The Kier molecular flexibility index (Phi) is 8.23. The van der Waals surface area contributed by atoms with Gasteiger partial charge >= 0.3 is 5.97 Å². The average molecular weight is 302 g/mol. The van der Waals surface area contributed by atoms with E-state index < -0.39 is 6.10 Å². The molecule has 0 radical (unpaired) electrons. The SMILES string of the molecule is COC(=O)[C@H](OC/C=C(\C)CCC=C(C)C)c1ccccc1. The molecule has 0 fully saturated rings. The number of ether oxygens (including phenoxy) is 2. The number of methoxy groups -OCH3 is 1. The second kappa shape index (κ2) is 9.96. The first-order valence-corrected chi connectivity index (χ1v) is 7.58. The number of carbonyl (C=O) groups is 1. The van der Waals surface area contributed by atoms with E-state index in [1.54, 1.807) is 0 Å². The van der Waals surface area contributed by atoms with Crippen molar-refractivity contribution in [1.82, 2.24) is 0 Å². The second-order valence-electron chi connectivity index (χ2n) is 5.52. The molecule has 1 rings (SSSR count). The number of hydrogen-bond donors (Lipinski definition) is 0. The maximum absolute atomic E-state index is 11.9. The summed E-state index contributed by atoms with van der Waals surface area (Å²) in [6, 6.07) is 9.41. The summed E-state index contributed by atoms with van der Waals surface area (Å²) in [5.41, 5.74) is 3.40. The van der Waals surface area contributed by atoms with Crippen molar-refractivity contribution in [3.63, 3.8) is 0 Å². The van der Waals surface area contributed by atoms with Crippen LogP contribution in [0.25, 0.3) is 0 Å². The van der Waals surface area contributed by atoms with Gasteiger partial charge in [-0.05, 0) is 39.2 Å². The van der Waals surface area contributed by atoms with Crippen LogP contribution in [0.1, 0.15) is 45.3 Å². The number of carbonyl (C=O) groups excluding carboxylic acids is 1. The summed E-state index contributed by atoms with van der Waals surface area (Å²) < 4.78 is 10.5. The zero-order valence-electron chi connectivity index (χ0n) is 14.0. The lowest BCUT2D eigenvalue weighted by Gasteiger charge is -2.15. The van der Waals surface area contributed by atoms with Crippen molar-refractivity contribution >= 4 is 5.97 Å². The second-order valence-corrected chi connectivity index (χ2v) is 5.52. The zero-order valence-corrected chi connectivity index (χ0v) is 14.0. The molecular weight excluding hydrogens is 276 g/mol. The van der Waals surface area contributed by atoms with Crippen LogP contribution in [0.15, 0.2) is 53.6 Å². The Morgan fingerprint density at radius 1 is 1.14 bits per heavy atom. The summed E-state index contributed by atoms with van der Waals surface area (Å²) in [7, 11) is 1.38. The Morgan fingerprint density at radius 3 is 2.41 bits per heavy atom. The molecule has 0 unspecified atom stereocenters. The van der Waals surface area contributed by atoms with E-state index >= 15 is 0 Å². The molecule has 0 aliphatic heterocycles. The summed E-state index contributed by atoms with van der Waals surface area (Å²) in [5, 5.41) is 0. The van der Waals surface area contributed by atoms with Gasteiger partial charge in [0.15, 0.2) is 6.10 Å². The minimum atomic E-state index is -0.673. The minimum absolute atomic E-state index is 0.373. The molecule has 0 spiro atoms. The molecule has 0 aromatic heterocycles. The fourth-order valence-corrected chi connectivity index (χ4v) is 2.01. The van der Waals surface area contributed by atoms with Crippen molar-refractivity contribution in [2.45, 2.75) is 39.7 Å². The van der Waals surface area contributed by atoms with Gasteiger partial charge in [0, 0.05) is 0 Å². The number of esters is 1. The van der Waals surface area contributed by atoms with Crippen molar-refractivity contribution in [2.75, 3.05) is 13.7 Å². The van der Waals surface area contributed by atoms with Crippen molar-refractivity contribution in [3.05, 3.63) is 59.2 Å². The van der Waals surface area contributed by atoms with Gasteiger partial charge in [0.1, 0.15) is 0 Å². The Balaban J connectivity index is 2.57. The third kappa shape index (κ3) is 6.72. The molecular formula is C19H26O3. The van der Waals surface area contributed by atoms with E-state index in [4.69, 9.17) is 9.47 Å². The highest BCUT2D eigenvalue weighted by atomic mass is 16.6. The molecule has 0 bridgehead atoms. The predicted octanol–water partition coefficient (Wildman–Crippen LogP) is 4.61. The van der Waals surface area contributed by atoms with Crippen LogP contribution in [0, 0.1) is 0 Å². The van der Waals surface area contributed by atoms with E-state index in [9.17, 15) is 4.79 Å². The Hall–Kier alpha value is -1.87. The Labute approximate surface area is 133 Å². The molecule has 0 saturated heterocycles. The topological polar surface area (TPSA) is 35.5 Å². The standard InChI is InChI=1S/C19H26O3/c1-15(2)9-8-10-16(3)13-14-22-18(19(20)21-4)17-11-6-5-7-12-17/h5-7,9,11-13,18H,8,10,14H2,1-4H3/b16-13+/t18-/m1/s1. The van der Waals surface area contributed by atoms with Crippen LogP contribution in [-0.4, -0.2) is 19.7 Å². The predicted molar refractivity (Wildman–Crippen MR) is 89.6 cm³/mol. The smallest absolute Gasteiger partial charge is 0.339 e. The van der Waals surface area contributed by atoms with Gasteiger partial charge in [-0.15, -0.1) is 0 Å². The van der Waals surface area contributed by atoms with Crippen LogP contribution in [0.2, 0.25) is 0 Å². The molecule has 120 valence electrons. The monoisotopic (exact) mass is 302 g/mol. The van der Waals surface area contributed by atoms with E-state index in [-0.39, 0.29) is 5.97 Å². The summed E-state index contributed by atoms with van der Waals surface area (Å²) in [5.74, 6) is -0.373. The van der Waals surface area contributed by atoms with E-state index in [2.05, 4.69) is 26.8 Å². The van der Waals surface area contributed by atoms with Crippen molar-refractivity contribution in [2.24, 2.45) is 0 Å². The minimum Gasteiger partial charge on any atom is -0.467 e. The lowest BCUT2D eigenvalue weighted by Crippen LogP contribution is -2.17. The van der Waals surface area contributed by atoms with Gasteiger partial charge in [0.2, 0.25) is 0 Å². The molecule has 3 heteroatoms. The lowest BCUT2D eigenvalue weighted by molar-refractivity contribution is -0.153. The summed E-state index contributed by atoms with van der Waals surface area (Å²) in [4.78, 5) is 11.9. The first kappa shape index (κ1) is 18.2. The van der Waals surface area contributed by atoms with E-state index in [1.807, 2.05) is 36.4 Å².